The molecule has 6 heteroatoms. The second-order valence-electron chi connectivity index (χ2n) is 6.93. The van der Waals surface area contributed by atoms with Gasteiger partial charge < -0.3 is 4.74 Å². The number of carbonyl (C=O) groups excluding carboxylic acids is 1. The number of nitriles is 1. The van der Waals surface area contributed by atoms with E-state index in [-0.39, 0.29) is 11.7 Å². The molecule has 0 spiro atoms. The monoisotopic (exact) mass is 439 g/mol. The van der Waals surface area contributed by atoms with Gasteiger partial charge in [-0.3, -0.25) is 9.69 Å². The molecular formula is C26H21N3O2S. The third-order valence-corrected chi connectivity index (χ3v) is 5.77. The summed E-state index contributed by atoms with van der Waals surface area (Å²) in [6, 6.07) is 28.7. The van der Waals surface area contributed by atoms with Crippen molar-refractivity contribution >= 4 is 39.9 Å². The Labute approximate surface area is 191 Å². The first kappa shape index (κ1) is 21.4. The van der Waals surface area contributed by atoms with E-state index in [1.54, 1.807) is 11.0 Å². The molecule has 1 aromatic heterocycles. The van der Waals surface area contributed by atoms with Gasteiger partial charge in [0, 0.05) is 22.8 Å². The van der Waals surface area contributed by atoms with Gasteiger partial charge in [0.2, 0.25) is 5.91 Å². The summed E-state index contributed by atoms with van der Waals surface area (Å²) in [6.45, 7) is 2.49. The topological polar surface area (TPSA) is 66.2 Å². The fraction of sp³-hybridized carbons (Fsp3) is 0.115. The highest BCUT2D eigenvalue weighted by Gasteiger charge is 2.19. The second-order valence-corrected chi connectivity index (χ2v) is 7.89. The number of nitrogens with zero attached hydrogens (tertiary/aromatic N) is 3. The Morgan fingerprint density at radius 3 is 2.25 bits per heavy atom. The Kier molecular flexibility index (Phi) is 6.69. The number of aromatic nitrogens is 1. The highest BCUT2D eigenvalue weighted by molar-refractivity contribution is 8.00. The molecule has 158 valence electrons. The number of carbonyl (C=O) groups is 1. The summed E-state index contributed by atoms with van der Waals surface area (Å²) in [5, 5.41) is 11.0. The number of thioether (sulfide) groups is 1. The van der Waals surface area contributed by atoms with E-state index in [1.807, 2.05) is 85.8 Å². The number of benzene rings is 3. The van der Waals surface area contributed by atoms with Gasteiger partial charge in [-0.25, -0.2) is 4.98 Å². The van der Waals surface area contributed by atoms with Crippen molar-refractivity contribution < 1.29 is 9.53 Å². The smallest absolute Gasteiger partial charge is 0.241 e. The average molecular weight is 440 g/mol. The summed E-state index contributed by atoms with van der Waals surface area (Å²) < 4.78 is 5.57. The maximum absolute atomic E-state index is 13.3. The number of rotatable bonds is 7. The number of ether oxygens (including phenoxy) is 1. The zero-order valence-electron chi connectivity index (χ0n) is 17.6. The molecule has 0 aliphatic carbocycles. The van der Waals surface area contributed by atoms with E-state index in [4.69, 9.17) is 4.74 Å². The van der Waals surface area contributed by atoms with Crippen LogP contribution < -0.4 is 9.64 Å². The van der Waals surface area contributed by atoms with Crippen molar-refractivity contribution in [1.82, 2.24) is 4.98 Å². The molecule has 0 saturated heterocycles. The highest BCUT2D eigenvalue weighted by Crippen LogP contribution is 2.30. The molecule has 0 radical (unpaired) electrons. The van der Waals surface area contributed by atoms with Crippen LogP contribution in [0.15, 0.2) is 90.0 Å². The van der Waals surface area contributed by atoms with Gasteiger partial charge in [-0.2, -0.15) is 5.26 Å². The second kappa shape index (κ2) is 9.99. The average Bonchev–Trinajstić information content (AvgIpc) is 2.84. The van der Waals surface area contributed by atoms with Crippen LogP contribution in [-0.4, -0.2) is 23.3 Å². The number of pyridine rings is 1. The molecule has 0 bridgehead atoms. The third kappa shape index (κ3) is 4.74. The van der Waals surface area contributed by atoms with Crippen LogP contribution in [-0.2, 0) is 4.79 Å². The number of anilines is 2. The van der Waals surface area contributed by atoms with Crippen LogP contribution in [0.2, 0.25) is 0 Å². The van der Waals surface area contributed by atoms with Gasteiger partial charge in [0.15, 0.2) is 0 Å². The molecule has 5 nitrogen and oxygen atoms in total. The van der Waals surface area contributed by atoms with Crippen molar-refractivity contribution in [3.8, 4) is 11.8 Å². The zero-order chi connectivity index (χ0) is 22.3. The molecule has 0 aliphatic rings. The lowest BCUT2D eigenvalue weighted by atomic mass is 10.1. The lowest BCUT2D eigenvalue weighted by Crippen LogP contribution is -2.27. The fourth-order valence-electron chi connectivity index (χ4n) is 3.36. The Bertz CT molecular complexity index is 1230. The maximum atomic E-state index is 13.3. The van der Waals surface area contributed by atoms with Crippen LogP contribution in [0.25, 0.3) is 10.9 Å². The predicted octanol–water partition coefficient (Wildman–Crippen LogP) is 5.96. The first-order chi connectivity index (χ1) is 15.7. The van der Waals surface area contributed by atoms with Gasteiger partial charge in [-0.15, -0.1) is 0 Å². The standard InChI is InChI=1S/C26H21N3O2S/c1-2-31-23-14-13-19-15-20(17-27)26(28-24(19)16-23)32-18-25(30)29(21-9-5-3-6-10-21)22-11-7-4-8-12-22/h3-16H,2,18H2,1H3. The molecule has 0 fully saturated rings. The van der Waals surface area contributed by atoms with Crippen molar-refractivity contribution in [2.75, 3.05) is 17.3 Å². The summed E-state index contributed by atoms with van der Waals surface area (Å²) in [5.74, 6) is 0.770. The van der Waals surface area contributed by atoms with Gasteiger partial charge in [0.05, 0.1) is 23.4 Å². The van der Waals surface area contributed by atoms with Crippen LogP contribution >= 0.6 is 11.8 Å². The van der Waals surface area contributed by atoms with Crippen molar-refractivity contribution in [2.45, 2.75) is 11.9 Å². The lowest BCUT2D eigenvalue weighted by molar-refractivity contribution is -0.115. The molecule has 4 aromatic rings. The number of para-hydroxylation sites is 2. The molecule has 0 unspecified atom stereocenters. The minimum Gasteiger partial charge on any atom is -0.494 e. The molecule has 0 atom stereocenters. The minimum absolute atomic E-state index is 0.0961. The van der Waals surface area contributed by atoms with Crippen LogP contribution in [0, 0.1) is 11.3 Å². The summed E-state index contributed by atoms with van der Waals surface area (Å²) in [6.07, 6.45) is 0. The zero-order valence-corrected chi connectivity index (χ0v) is 18.4. The van der Waals surface area contributed by atoms with E-state index < -0.39 is 0 Å². The summed E-state index contributed by atoms with van der Waals surface area (Å²) >= 11 is 1.27. The largest absolute Gasteiger partial charge is 0.494 e. The van der Waals surface area contributed by atoms with Crippen LogP contribution in [0.1, 0.15) is 12.5 Å². The SMILES string of the molecule is CCOc1ccc2cc(C#N)c(SCC(=O)N(c3ccccc3)c3ccccc3)nc2c1. The van der Waals surface area contributed by atoms with Gasteiger partial charge in [0.1, 0.15) is 16.8 Å². The van der Waals surface area contributed by atoms with Crippen molar-refractivity contribution in [2.24, 2.45) is 0 Å². The normalized spacial score (nSPS) is 10.5. The third-order valence-electron chi connectivity index (χ3n) is 4.80. The Hall–Kier alpha value is -3.82. The fourth-order valence-corrected chi connectivity index (χ4v) is 4.17. The van der Waals surface area contributed by atoms with Gasteiger partial charge in [-0.05, 0) is 49.4 Å². The van der Waals surface area contributed by atoms with E-state index >= 15 is 0 Å². The molecular weight excluding hydrogens is 418 g/mol. The van der Waals surface area contributed by atoms with Crippen molar-refractivity contribution in [3.05, 3.63) is 90.5 Å². The van der Waals surface area contributed by atoms with Crippen LogP contribution in [0.4, 0.5) is 11.4 Å². The molecule has 0 N–H and O–H groups in total. The van der Waals surface area contributed by atoms with Gasteiger partial charge >= 0.3 is 0 Å². The van der Waals surface area contributed by atoms with E-state index in [9.17, 15) is 10.1 Å². The van der Waals surface area contributed by atoms with E-state index in [0.29, 0.717) is 17.2 Å². The van der Waals surface area contributed by atoms with Gasteiger partial charge in [0.25, 0.3) is 0 Å². The first-order valence-corrected chi connectivity index (χ1v) is 11.2. The summed E-state index contributed by atoms with van der Waals surface area (Å²) in [7, 11) is 0. The molecule has 32 heavy (non-hydrogen) atoms. The van der Waals surface area contributed by atoms with Crippen LogP contribution in [0.5, 0.6) is 5.75 Å². The Morgan fingerprint density at radius 2 is 1.66 bits per heavy atom. The number of amides is 1. The van der Waals surface area contributed by atoms with Crippen molar-refractivity contribution in [3.63, 3.8) is 0 Å². The molecule has 4 rings (SSSR count). The number of fused-ring (bicyclic) bond motifs is 1. The van der Waals surface area contributed by atoms with E-state index in [0.717, 1.165) is 28.0 Å². The number of hydrogen-bond acceptors (Lipinski definition) is 5. The minimum atomic E-state index is -0.0961. The lowest BCUT2D eigenvalue weighted by Gasteiger charge is -2.23. The number of hydrogen-bond donors (Lipinski definition) is 0. The van der Waals surface area contributed by atoms with Crippen LogP contribution in [0.3, 0.4) is 0 Å². The van der Waals surface area contributed by atoms with Gasteiger partial charge in [-0.1, -0.05) is 48.2 Å². The molecule has 0 saturated carbocycles. The van der Waals surface area contributed by atoms with Crippen molar-refractivity contribution in [1.29, 1.82) is 5.26 Å². The summed E-state index contributed by atoms with van der Waals surface area (Å²) in [4.78, 5) is 19.6. The molecule has 1 heterocycles. The molecule has 0 aliphatic heterocycles. The molecule has 1 amide bonds. The highest BCUT2D eigenvalue weighted by atomic mass is 32.2. The quantitative estimate of drug-likeness (QED) is 0.332. The summed E-state index contributed by atoms with van der Waals surface area (Å²) in [5.41, 5.74) is 2.76. The molecule has 3 aromatic carbocycles. The van der Waals surface area contributed by atoms with E-state index in [1.165, 1.54) is 11.8 Å². The Morgan fingerprint density at radius 1 is 1.00 bits per heavy atom. The van der Waals surface area contributed by atoms with E-state index in [2.05, 4.69) is 11.1 Å². The first-order valence-electron chi connectivity index (χ1n) is 10.2. The predicted molar refractivity (Wildman–Crippen MR) is 128 cm³/mol. The Balaban J connectivity index is 1.62. The maximum Gasteiger partial charge on any atom is 0.241 e.